The summed E-state index contributed by atoms with van der Waals surface area (Å²) in [6, 6.07) is 21.1. The number of nitrogens with two attached hydrogens (primary N) is 1. The number of primary amides is 1. The third-order valence-corrected chi connectivity index (χ3v) is 7.67. The first-order valence-corrected chi connectivity index (χ1v) is 12.4. The summed E-state index contributed by atoms with van der Waals surface area (Å²) >= 11 is 0. The molecule has 2 unspecified atom stereocenters. The number of nitrogens with zero attached hydrogens (tertiary/aromatic N) is 1. The zero-order chi connectivity index (χ0) is 22.7. The summed E-state index contributed by atoms with van der Waals surface area (Å²) in [4.78, 5) is 13.7. The second-order valence-electron chi connectivity index (χ2n) is 8.46. The van der Waals surface area contributed by atoms with Crippen molar-refractivity contribution in [3.63, 3.8) is 0 Å². The molecule has 1 heterocycles. The molecular formula is C25H28N2O4S. The topological polar surface area (TPSA) is 101 Å². The van der Waals surface area contributed by atoms with Gasteiger partial charge in [0.15, 0.2) is 0 Å². The molecule has 32 heavy (non-hydrogen) atoms. The molecule has 0 spiro atoms. The molecule has 3 N–H and O–H groups in total. The van der Waals surface area contributed by atoms with E-state index in [0.29, 0.717) is 13.1 Å². The van der Waals surface area contributed by atoms with Gasteiger partial charge in [-0.25, -0.2) is 0 Å². The van der Waals surface area contributed by atoms with Crippen molar-refractivity contribution < 1.29 is 17.8 Å². The van der Waals surface area contributed by atoms with Crippen LogP contribution < -0.4 is 5.73 Å². The number of rotatable bonds is 8. The lowest BCUT2D eigenvalue weighted by Crippen LogP contribution is -2.50. The average Bonchev–Trinajstić information content (AvgIpc) is 2.77. The van der Waals surface area contributed by atoms with Gasteiger partial charge in [-0.05, 0) is 46.7 Å². The number of carbonyl (C=O) groups is 1. The van der Waals surface area contributed by atoms with Crippen LogP contribution in [0, 0.1) is 0 Å². The number of carbonyl (C=O) groups excluding carboxylic acids is 1. The summed E-state index contributed by atoms with van der Waals surface area (Å²) in [5, 5.41) is 0.902. The highest BCUT2D eigenvalue weighted by Crippen LogP contribution is 2.29. The van der Waals surface area contributed by atoms with E-state index in [1.807, 2.05) is 60.7 Å². The Bertz CT molecular complexity index is 1220. The van der Waals surface area contributed by atoms with Crippen molar-refractivity contribution in [3.05, 3.63) is 83.4 Å². The predicted molar refractivity (Wildman–Crippen MR) is 126 cm³/mol. The smallest absolute Gasteiger partial charge is 0.269 e. The minimum Gasteiger partial charge on any atom is -0.370 e. The molecule has 1 amide bonds. The van der Waals surface area contributed by atoms with Gasteiger partial charge < -0.3 is 5.73 Å². The van der Waals surface area contributed by atoms with E-state index in [2.05, 4.69) is 11.0 Å². The highest BCUT2D eigenvalue weighted by molar-refractivity contribution is 7.86. The Labute approximate surface area is 188 Å². The van der Waals surface area contributed by atoms with E-state index in [1.165, 1.54) is 5.56 Å². The highest BCUT2D eigenvalue weighted by atomic mass is 32.2. The molecule has 0 radical (unpaired) electrons. The molecule has 0 aromatic heterocycles. The summed E-state index contributed by atoms with van der Waals surface area (Å²) in [5.74, 6) is -0.480. The van der Waals surface area contributed by atoms with Crippen LogP contribution in [0.5, 0.6) is 0 Å². The van der Waals surface area contributed by atoms with Gasteiger partial charge in [-0.1, -0.05) is 66.7 Å². The monoisotopic (exact) mass is 452 g/mol. The van der Waals surface area contributed by atoms with E-state index in [-0.39, 0.29) is 19.3 Å². The Kier molecular flexibility index (Phi) is 6.60. The minimum absolute atomic E-state index is 0.0599. The maximum absolute atomic E-state index is 12.7. The molecule has 7 heteroatoms. The van der Waals surface area contributed by atoms with Crippen molar-refractivity contribution >= 4 is 26.8 Å². The van der Waals surface area contributed by atoms with Gasteiger partial charge in [0.05, 0.1) is 0 Å². The van der Waals surface area contributed by atoms with Crippen LogP contribution in [0.25, 0.3) is 10.8 Å². The van der Waals surface area contributed by atoms with E-state index in [9.17, 15) is 17.8 Å². The molecule has 0 aliphatic carbocycles. The molecule has 0 saturated heterocycles. The zero-order valence-electron chi connectivity index (χ0n) is 17.9. The Morgan fingerprint density at radius 2 is 1.69 bits per heavy atom. The van der Waals surface area contributed by atoms with Gasteiger partial charge in [-0.15, -0.1) is 0 Å². The molecule has 1 aliphatic heterocycles. The third-order valence-electron chi connectivity index (χ3n) is 6.43. The van der Waals surface area contributed by atoms with E-state index < -0.39 is 27.3 Å². The molecule has 4 rings (SSSR count). The Balaban J connectivity index is 1.71. The molecule has 0 fully saturated rings. The van der Waals surface area contributed by atoms with Crippen molar-refractivity contribution in [1.29, 1.82) is 0 Å². The van der Waals surface area contributed by atoms with Gasteiger partial charge in [0.25, 0.3) is 10.1 Å². The van der Waals surface area contributed by atoms with Crippen LogP contribution in [0.2, 0.25) is 0 Å². The molecule has 0 saturated carbocycles. The molecular weight excluding hydrogens is 424 g/mol. The summed E-state index contributed by atoms with van der Waals surface area (Å²) in [5.41, 5.74) is 8.65. The maximum atomic E-state index is 12.7. The van der Waals surface area contributed by atoms with Crippen LogP contribution in [0.3, 0.4) is 0 Å². The highest BCUT2D eigenvalue weighted by Gasteiger charge is 2.37. The lowest BCUT2D eigenvalue weighted by molar-refractivity contribution is -0.118. The van der Waals surface area contributed by atoms with E-state index in [1.54, 1.807) is 0 Å². The number of fused-ring (bicyclic) bond motifs is 2. The first-order valence-electron chi connectivity index (χ1n) is 10.8. The fourth-order valence-electron chi connectivity index (χ4n) is 4.82. The van der Waals surface area contributed by atoms with Crippen molar-refractivity contribution in [1.82, 2.24) is 4.90 Å². The van der Waals surface area contributed by atoms with Crippen molar-refractivity contribution in [2.45, 2.75) is 43.5 Å². The largest absolute Gasteiger partial charge is 0.370 e. The van der Waals surface area contributed by atoms with Crippen LogP contribution in [-0.4, -0.2) is 41.6 Å². The standard InChI is InChI=1S/C25H28N2O4S/c26-25(28)13-12-23(27-15-14-18-6-1-2-8-21(18)17-27)24(32(29,30)31)16-20-10-5-9-19-7-3-4-11-22(19)20/h1-11,23-24H,12-17H2,(H2,26,28)(H,29,30,31). The summed E-state index contributed by atoms with van der Waals surface area (Å²) in [6.45, 7) is 1.23. The zero-order valence-corrected chi connectivity index (χ0v) is 18.7. The van der Waals surface area contributed by atoms with Crippen molar-refractivity contribution in [3.8, 4) is 0 Å². The second-order valence-corrected chi connectivity index (χ2v) is 10.1. The number of hydrogen-bond donors (Lipinski definition) is 2. The molecule has 3 aromatic carbocycles. The minimum atomic E-state index is -4.40. The quantitative estimate of drug-likeness (QED) is 0.511. The predicted octanol–water partition coefficient (Wildman–Crippen LogP) is 3.33. The number of benzene rings is 3. The summed E-state index contributed by atoms with van der Waals surface area (Å²) in [6.07, 6.45) is 1.27. The normalized spacial score (nSPS) is 16.4. The van der Waals surface area contributed by atoms with Gasteiger partial charge in [0, 0.05) is 25.6 Å². The Morgan fingerprint density at radius 1 is 1.00 bits per heavy atom. The van der Waals surface area contributed by atoms with Gasteiger partial charge >= 0.3 is 0 Å². The summed E-state index contributed by atoms with van der Waals surface area (Å²) < 4.78 is 35.6. The van der Waals surface area contributed by atoms with Gasteiger partial charge in [-0.3, -0.25) is 14.2 Å². The molecule has 0 bridgehead atoms. The average molecular weight is 453 g/mol. The number of amides is 1. The van der Waals surface area contributed by atoms with Crippen LogP contribution >= 0.6 is 0 Å². The first-order chi connectivity index (χ1) is 15.3. The van der Waals surface area contributed by atoms with Gasteiger partial charge in [0.1, 0.15) is 5.25 Å². The van der Waals surface area contributed by atoms with E-state index in [0.717, 1.165) is 28.3 Å². The van der Waals surface area contributed by atoms with Gasteiger partial charge in [-0.2, -0.15) is 8.42 Å². The van der Waals surface area contributed by atoms with Gasteiger partial charge in [0.2, 0.25) is 5.91 Å². The fraction of sp³-hybridized carbons (Fsp3) is 0.320. The molecule has 3 aromatic rings. The van der Waals surface area contributed by atoms with Crippen LogP contribution in [0.15, 0.2) is 66.7 Å². The maximum Gasteiger partial charge on any atom is 0.269 e. The molecule has 1 aliphatic rings. The lowest BCUT2D eigenvalue weighted by Gasteiger charge is -2.39. The first kappa shape index (κ1) is 22.5. The van der Waals surface area contributed by atoms with E-state index >= 15 is 0 Å². The van der Waals surface area contributed by atoms with Crippen LogP contribution in [0.1, 0.15) is 29.5 Å². The fourth-order valence-corrected chi connectivity index (χ4v) is 5.92. The van der Waals surface area contributed by atoms with Crippen molar-refractivity contribution in [2.24, 2.45) is 5.73 Å². The molecule has 168 valence electrons. The molecule has 6 nitrogen and oxygen atoms in total. The van der Waals surface area contributed by atoms with Crippen molar-refractivity contribution in [2.75, 3.05) is 6.54 Å². The Morgan fingerprint density at radius 3 is 2.44 bits per heavy atom. The molecule has 2 atom stereocenters. The van der Waals surface area contributed by atoms with Crippen LogP contribution in [0.4, 0.5) is 0 Å². The third kappa shape index (κ3) is 5.01. The SMILES string of the molecule is NC(=O)CCC(C(Cc1cccc2ccccc12)S(=O)(=O)O)N1CCc2ccccc2C1. The summed E-state index contributed by atoms with van der Waals surface area (Å²) in [7, 11) is -4.40. The number of hydrogen-bond acceptors (Lipinski definition) is 4. The lowest BCUT2D eigenvalue weighted by atomic mass is 9.93. The Hall–Kier alpha value is -2.74. The van der Waals surface area contributed by atoms with Crippen LogP contribution in [-0.2, 0) is 34.3 Å². The second kappa shape index (κ2) is 9.40. The van der Waals surface area contributed by atoms with E-state index in [4.69, 9.17) is 5.73 Å².